The van der Waals surface area contributed by atoms with E-state index in [2.05, 4.69) is 38.0 Å². The maximum absolute atomic E-state index is 4.77. The van der Waals surface area contributed by atoms with Crippen LogP contribution in [0.15, 0.2) is 32.9 Å². The Morgan fingerprint density at radius 2 is 2.50 bits per heavy atom. The van der Waals surface area contributed by atoms with Crippen molar-refractivity contribution in [2.75, 3.05) is 20.6 Å². The van der Waals surface area contributed by atoms with Crippen LogP contribution >= 0.6 is 15.9 Å². The Morgan fingerprint density at radius 3 is 3.00 bits per heavy atom. The Labute approximate surface area is 103 Å². The topological polar surface area (TPSA) is 53.7 Å². The summed E-state index contributed by atoms with van der Waals surface area (Å²) >= 11 is 3.28. The first-order chi connectivity index (χ1) is 7.63. The fourth-order valence-electron chi connectivity index (χ4n) is 1.20. The van der Waals surface area contributed by atoms with Gasteiger partial charge in [-0.3, -0.25) is 4.99 Å². The smallest absolute Gasteiger partial charge is 0.194 e. The third kappa shape index (κ3) is 4.06. The Balaban J connectivity index is 2.50. The number of hydrogen-bond acceptors (Lipinski definition) is 3. The average Bonchev–Trinajstić information content (AvgIpc) is 2.71. The average molecular weight is 287 g/mol. The molecule has 5 nitrogen and oxygen atoms in total. The Hall–Kier alpha value is -1.30. The van der Waals surface area contributed by atoms with E-state index in [1.54, 1.807) is 13.3 Å². The maximum Gasteiger partial charge on any atom is 0.194 e. The van der Waals surface area contributed by atoms with Gasteiger partial charge >= 0.3 is 0 Å². The van der Waals surface area contributed by atoms with E-state index in [1.807, 2.05) is 18.0 Å². The number of nitrogens with one attached hydrogen (secondary N) is 1. The van der Waals surface area contributed by atoms with E-state index in [0.717, 1.165) is 16.1 Å². The van der Waals surface area contributed by atoms with Crippen LogP contribution in [0.1, 0.15) is 5.69 Å². The van der Waals surface area contributed by atoms with Crippen molar-refractivity contribution < 1.29 is 4.52 Å². The summed E-state index contributed by atoms with van der Waals surface area (Å²) in [4.78, 5) is 6.10. The number of hydrogen-bond donors (Lipinski definition) is 1. The van der Waals surface area contributed by atoms with Crippen molar-refractivity contribution in [2.24, 2.45) is 4.99 Å². The van der Waals surface area contributed by atoms with E-state index in [0.29, 0.717) is 13.1 Å². The van der Waals surface area contributed by atoms with Crippen molar-refractivity contribution in [2.45, 2.75) is 6.54 Å². The lowest BCUT2D eigenvalue weighted by Gasteiger charge is -2.20. The molecule has 0 saturated heterocycles. The molecule has 0 radical (unpaired) electrons. The lowest BCUT2D eigenvalue weighted by atomic mass is 10.4. The van der Waals surface area contributed by atoms with E-state index in [1.165, 1.54) is 0 Å². The van der Waals surface area contributed by atoms with Crippen LogP contribution in [-0.2, 0) is 6.54 Å². The molecule has 0 amide bonds. The molecule has 1 rings (SSSR count). The van der Waals surface area contributed by atoms with Crippen LogP contribution in [0, 0.1) is 0 Å². The number of nitrogens with zero attached hydrogens (tertiary/aromatic N) is 3. The molecule has 1 heterocycles. The van der Waals surface area contributed by atoms with Crippen molar-refractivity contribution in [3.8, 4) is 0 Å². The van der Waals surface area contributed by atoms with Crippen molar-refractivity contribution in [3.05, 3.63) is 29.1 Å². The highest BCUT2D eigenvalue weighted by Crippen LogP contribution is 2.01. The maximum atomic E-state index is 4.77. The summed E-state index contributed by atoms with van der Waals surface area (Å²) in [5, 5.41) is 6.99. The van der Waals surface area contributed by atoms with Crippen molar-refractivity contribution in [1.29, 1.82) is 0 Å². The van der Waals surface area contributed by atoms with Crippen LogP contribution in [0.3, 0.4) is 0 Å². The van der Waals surface area contributed by atoms with Gasteiger partial charge in [-0.25, -0.2) is 0 Å². The number of aromatic nitrogens is 1. The second kappa shape index (κ2) is 6.32. The van der Waals surface area contributed by atoms with Gasteiger partial charge in [0.25, 0.3) is 0 Å². The third-order valence-electron chi connectivity index (χ3n) is 1.90. The highest BCUT2D eigenvalue weighted by molar-refractivity contribution is 9.11. The predicted octanol–water partition coefficient (Wildman–Crippen LogP) is 1.59. The fourth-order valence-corrected chi connectivity index (χ4v) is 1.34. The molecule has 0 aliphatic carbocycles. The zero-order valence-electron chi connectivity index (χ0n) is 9.40. The minimum atomic E-state index is 0.635. The lowest BCUT2D eigenvalue weighted by Crippen LogP contribution is -2.38. The molecule has 0 fully saturated rings. The van der Waals surface area contributed by atoms with Crippen LogP contribution in [0.4, 0.5) is 0 Å². The number of guanidine groups is 1. The summed E-state index contributed by atoms with van der Waals surface area (Å²) in [6.45, 7) is 5.03. The molecule has 0 saturated carbocycles. The van der Waals surface area contributed by atoms with Gasteiger partial charge in [0.1, 0.15) is 12.0 Å². The highest BCUT2D eigenvalue weighted by atomic mass is 79.9. The van der Waals surface area contributed by atoms with Crippen LogP contribution in [0.25, 0.3) is 0 Å². The molecular weight excluding hydrogens is 272 g/mol. The molecule has 0 aliphatic rings. The van der Waals surface area contributed by atoms with Gasteiger partial charge in [-0.05, 0) is 0 Å². The van der Waals surface area contributed by atoms with Gasteiger partial charge in [0, 0.05) is 31.2 Å². The van der Waals surface area contributed by atoms with Gasteiger partial charge in [-0.2, -0.15) is 0 Å². The number of rotatable bonds is 4. The number of aliphatic imine (C=N–C) groups is 1. The summed E-state index contributed by atoms with van der Waals surface area (Å²) in [6.07, 6.45) is 1.56. The molecule has 88 valence electrons. The zero-order chi connectivity index (χ0) is 12.0. The fraction of sp³-hybridized carbons (Fsp3) is 0.400. The first-order valence-corrected chi connectivity index (χ1v) is 5.57. The quantitative estimate of drug-likeness (QED) is 0.675. The Morgan fingerprint density at radius 1 is 1.75 bits per heavy atom. The van der Waals surface area contributed by atoms with Gasteiger partial charge in [-0.1, -0.05) is 27.7 Å². The van der Waals surface area contributed by atoms with E-state index >= 15 is 0 Å². The lowest BCUT2D eigenvalue weighted by molar-refractivity contribution is 0.391. The van der Waals surface area contributed by atoms with Gasteiger partial charge in [0.2, 0.25) is 0 Å². The van der Waals surface area contributed by atoms with E-state index in [9.17, 15) is 0 Å². The SMILES string of the molecule is C=C(Br)CNC(=NC)N(C)Cc1ccon1. The standard InChI is InChI=1S/C10H15BrN4O/c1-8(11)6-13-10(12-2)15(3)7-9-4-5-16-14-9/h4-5H,1,6-7H2,2-3H3,(H,12,13). The first kappa shape index (κ1) is 12.8. The molecule has 1 aromatic rings. The molecule has 1 N–H and O–H groups in total. The minimum Gasteiger partial charge on any atom is -0.364 e. The monoisotopic (exact) mass is 286 g/mol. The second-order valence-corrected chi connectivity index (χ2v) is 4.39. The van der Waals surface area contributed by atoms with E-state index in [4.69, 9.17) is 4.52 Å². The first-order valence-electron chi connectivity index (χ1n) is 4.77. The molecule has 0 unspecified atom stereocenters. The molecule has 0 aromatic carbocycles. The Bertz CT molecular complexity index is 361. The van der Waals surface area contributed by atoms with Crippen LogP contribution < -0.4 is 5.32 Å². The molecule has 1 aromatic heterocycles. The van der Waals surface area contributed by atoms with Gasteiger partial charge in [-0.15, -0.1) is 0 Å². The second-order valence-electron chi connectivity index (χ2n) is 3.26. The summed E-state index contributed by atoms with van der Waals surface area (Å²) in [7, 11) is 3.67. The predicted molar refractivity (Wildman–Crippen MR) is 67.4 cm³/mol. The molecule has 0 spiro atoms. The third-order valence-corrected chi connectivity index (χ3v) is 2.18. The summed E-state index contributed by atoms with van der Waals surface area (Å²) < 4.78 is 5.65. The summed E-state index contributed by atoms with van der Waals surface area (Å²) in [5.74, 6) is 0.781. The largest absolute Gasteiger partial charge is 0.364 e. The van der Waals surface area contributed by atoms with Crippen molar-refractivity contribution >= 4 is 21.9 Å². The van der Waals surface area contributed by atoms with Gasteiger partial charge < -0.3 is 14.7 Å². The van der Waals surface area contributed by atoms with Crippen LogP contribution in [0.5, 0.6) is 0 Å². The summed E-state index contributed by atoms with van der Waals surface area (Å²) in [5.41, 5.74) is 0.864. The summed E-state index contributed by atoms with van der Waals surface area (Å²) in [6, 6.07) is 1.83. The van der Waals surface area contributed by atoms with Crippen molar-refractivity contribution in [3.63, 3.8) is 0 Å². The zero-order valence-corrected chi connectivity index (χ0v) is 11.0. The minimum absolute atomic E-state index is 0.635. The molecule has 6 heteroatoms. The van der Waals surface area contributed by atoms with Crippen LogP contribution in [-0.4, -0.2) is 36.7 Å². The number of halogens is 1. The van der Waals surface area contributed by atoms with Gasteiger partial charge in [0.15, 0.2) is 5.96 Å². The van der Waals surface area contributed by atoms with E-state index in [-0.39, 0.29) is 0 Å². The molecule has 16 heavy (non-hydrogen) atoms. The Kier molecular flexibility index (Phi) is 5.04. The molecule has 0 bridgehead atoms. The molecular formula is C10H15BrN4O. The molecule has 0 aliphatic heterocycles. The van der Waals surface area contributed by atoms with Crippen molar-refractivity contribution in [1.82, 2.24) is 15.4 Å². The normalized spacial score (nSPS) is 11.3. The highest BCUT2D eigenvalue weighted by Gasteiger charge is 2.07. The van der Waals surface area contributed by atoms with Gasteiger partial charge in [0.05, 0.1) is 6.54 Å². The van der Waals surface area contributed by atoms with Crippen LogP contribution in [0.2, 0.25) is 0 Å². The van der Waals surface area contributed by atoms with E-state index < -0.39 is 0 Å². The molecule has 0 atom stereocenters.